The summed E-state index contributed by atoms with van der Waals surface area (Å²) in [5, 5.41) is 12.0. The van der Waals surface area contributed by atoms with Gasteiger partial charge in [0.2, 0.25) is 0 Å². The van der Waals surface area contributed by atoms with Crippen molar-refractivity contribution in [2.24, 2.45) is 0 Å². The molecule has 0 unspecified atom stereocenters. The molecule has 0 saturated heterocycles. The molecule has 1 aromatic carbocycles. The maximum Gasteiger partial charge on any atom is 0.278 e. The van der Waals surface area contributed by atoms with Gasteiger partial charge in [0.1, 0.15) is 5.82 Å². The van der Waals surface area contributed by atoms with Crippen LogP contribution in [0.3, 0.4) is 0 Å². The number of halogens is 2. The fourth-order valence-corrected chi connectivity index (χ4v) is 3.97. The van der Waals surface area contributed by atoms with E-state index in [2.05, 4.69) is 20.3 Å². The van der Waals surface area contributed by atoms with E-state index in [1.165, 1.54) is 17.7 Å². The lowest BCUT2D eigenvalue weighted by Gasteiger charge is -2.12. The van der Waals surface area contributed by atoms with Crippen molar-refractivity contribution in [2.45, 2.75) is 37.5 Å². The number of aryl methyl sites for hydroxylation is 1. The van der Waals surface area contributed by atoms with Gasteiger partial charge < -0.3 is 4.52 Å². The summed E-state index contributed by atoms with van der Waals surface area (Å²) < 4.78 is 18.8. The van der Waals surface area contributed by atoms with Gasteiger partial charge in [-0.05, 0) is 49.8 Å². The van der Waals surface area contributed by atoms with Gasteiger partial charge in [0, 0.05) is 16.3 Å². The lowest BCUT2D eigenvalue weighted by atomic mass is 9.95. The summed E-state index contributed by atoms with van der Waals surface area (Å²) >= 11 is 6.24. The second-order valence-corrected chi connectivity index (χ2v) is 6.92. The number of fused-ring (bicyclic) bond motifs is 1. The minimum Gasteiger partial charge on any atom is -0.332 e. The highest BCUT2D eigenvalue weighted by atomic mass is 35.5. The van der Waals surface area contributed by atoms with Crippen LogP contribution in [0.1, 0.15) is 41.9 Å². The van der Waals surface area contributed by atoms with Gasteiger partial charge in [0.15, 0.2) is 11.5 Å². The van der Waals surface area contributed by atoms with Crippen LogP contribution in [0.2, 0.25) is 5.02 Å². The Hall–Kier alpha value is -2.21. The molecule has 1 saturated carbocycles. The Morgan fingerprint density at radius 2 is 2.12 bits per heavy atom. The van der Waals surface area contributed by atoms with E-state index in [9.17, 15) is 4.39 Å². The molecule has 0 amide bonds. The molecular weight excluding hydrogens is 331 g/mol. The van der Waals surface area contributed by atoms with Crippen LogP contribution in [0.5, 0.6) is 0 Å². The number of aromatic amines is 1. The van der Waals surface area contributed by atoms with E-state index in [0.29, 0.717) is 16.7 Å². The van der Waals surface area contributed by atoms with E-state index >= 15 is 0 Å². The van der Waals surface area contributed by atoms with Crippen LogP contribution in [0.25, 0.3) is 11.6 Å². The van der Waals surface area contributed by atoms with Crippen LogP contribution in [-0.4, -0.2) is 20.3 Å². The molecule has 122 valence electrons. The molecule has 5 nitrogen and oxygen atoms in total. The fraction of sp³-hybridized carbons (Fsp3) is 0.353. The second kappa shape index (κ2) is 4.89. The van der Waals surface area contributed by atoms with Crippen molar-refractivity contribution in [1.82, 2.24) is 20.3 Å². The summed E-state index contributed by atoms with van der Waals surface area (Å²) in [5.74, 6) is 0.690. The van der Waals surface area contributed by atoms with E-state index < -0.39 is 0 Å². The number of hydrogen-bond acceptors (Lipinski definition) is 4. The monoisotopic (exact) mass is 344 g/mol. The van der Waals surface area contributed by atoms with Gasteiger partial charge in [-0.3, -0.25) is 5.10 Å². The highest BCUT2D eigenvalue weighted by molar-refractivity contribution is 6.31. The zero-order valence-electron chi connectivity index (χ0n) is 12.8. The first-order valence-corrected chi connectivity index (χ1v) is 8.41. The van der Waals surface area contributed by atoms with Crippen LogP contribution in [0.4, 0.5) is 4.39 Å². The number of hydrogen-bond donors (Lipinski definition) is 1. The third-order valence-electron chi connectivity index (χ3n) is 5.06. The van der Waals surface area contributed by atoms with Gasteiger partial charge >= 0.3 is 0 Å². The molecule has 2 aromatic heterocycles. The number of H-pyrrole nitrogens is 1. The number of nitrogens with one attached hydrogen (secondary N) is 1. The first-order valence-electron chi connectivity index (χ1n) is 8.03. The smallest absolute Gasteiger partial charge is 0.278 e. The molecular formula is C17H14ClFN4O. The van der Waals surface area contributed by atoms with Gasteiger partial charge in [-0.2, -0.15) is 10.1 Å². The molecule has 1 fully saturated rings. The van der Waals surface area contributed by atoms with Crippen molar-refractivity contribution < 1.29 is 8.91 Å². The molecule has 7 heteroatoms. The summed E-state index contributed by atoms with van der Waals surface area (Å²) in [6.45, 7) is 0. The van der Waals surface area contributed by atoms with Crippen molar-refractivity contribution in [3.05, 3.63) is 51.7 Å². The minimum atomic E-state index is -0.369. The highest BCUT2D eigenvalue weighted by Crippen LogP contribution is 2.54. The van der Waals surface area contributed by atoms with Gasteiger partial charge in [-0.1, -0.05) is 22.8 Å². The van der Waals surface area contributed by atoms with Gasteiger partial charge in [-0.25, -0.2) is 4.39 Å². The Morgan fingerprint density at radius 3 is 2.92 bits per heavy atom. The zero-order chi connectivity index (χ0) is 16.3. The maximum atomic E-state index is 13.3. The maximum absolute atomic E-state index is 13.3. The summed E-state index contributed by atoms with van der Waals surface area (Å²) in [5.41, 5.74) is 3.57. The summed E-state index contributed by atoms with van der Waals surface area (Å²) in [7, 11) is 0. The van der Waals surface area contributed by atoms with Crippen LogP contribution in [0.15, 0.2) is 22.7 Å². The minimum absolute atomic E-state index is 0.347. The lowest BCUT2D eigenvalue weighted by Crippen LogP contribution is -2.11. The molecule has 1 N–H and O–H groups in total. The van der Waals surface area contributed by atoms with Crippen molar-refractivity contribution in [3.63, 3.8) is 0 Å². The summed E-state index contributed by atoms with van der Waals surface area (Å²) in [6.07, 6.45) is 4.85. The fourth-order valence-electron chi connectivity index (χ4n) is 3.63. The van der Waals surface area contributed by atoms with E-state index in [1.807, 2.05) is 0 Å². The molecule has 2 aliphatic rings. The number of nitrogens with zero attached hydrogens (tertiary/aromatic N) is 3. The molecule has 24 heavy (non-hydrogen) atoms. The second-order valence-electron chi connectivity index (χ2n) is 6.51. The lowest BCUT2D eigenvalue weighted by molar-refractivity contribution is 0.416. The molecule has 0 spiro atoms. The number of aromatic nitrogens is 4. The third kappa shape index (κ3) is 1.95. The summed E-state index contributed by atoms with van der Waals surface area (Å²) in [6, 6.07) is 4.47. The quantitative estimate of drug-likeness (QED) is 0.784. The zero-order valence-corrected chi connectivity index (χ0v) is 13.5. The number of benzene rings is 1. The molecule has 5 rings (SSSR count). The van der Waals surface area contributed by atoms with Crippen molar-refractivity contribution in [1.29, 1.82) is 0 Å². The Balaban J connectivity index is 1.55. The first-order chi connectivity index (χ1) is 11.7. The number of rotatable bonds is 3. The SMILES string of the molecule is Fc1ccc(C2(c3noc(-c4n[nH]c5c4CCC5)n3)CC2)c(Cl)c1. The standard InChI is InChI=1S/C17H14ClFN4O/c18-12-8-9(19)4-5-11(12)17(6-7-17)16-20-15(24-23-16)14-10-2-1-3-13(10)21-22-14/h4-5,8H,1-3,6-7H2,(H,21,22). The highest BCUT2D eigenvalue weighted by Gasteiger charge is 2.51. The van der Waals surface area contributed by atoms with Crippen LogP contribution < -0.4 is 0 Å². The molecule has 0 bridgehead atoms. The van der Waals surface area contributed by atoms with E-state index in [1.54, 1.807) is 6.07 Å². The normalized spacial score (nSPS) is 17.9. The van der Waals surface area contributed by atoms with Gasteiger partial charge in [0.25, 0.3) is 5.89 Å². The largest absolute Gasteiger partial charge is 0.332 e. The summed E-state index contributed by atoms with van der Waals surface area (Å²) in [4.78, 5) is 4.59. The Morgan fingerprint density at radius 1 is 1.25 bits per heavy atom. The van der Waals surface area contributed by atoms with Crippen molar-refractivity contribution >= 4 is 11.6 Å². The predicted octanol–water partition coefficient (Wildman–Crippen LogP) is 3.82. The average molecular weight is 345 g/mol. The van der Waals surface area contributed by atoms with Gasteiger partial charge in [0.05, 0.1) is 5.41 Å². The molecule has 0 atom stereocenters. The van der Waals surface area contributed by atoms with Crippen molar-refractivity contribution in [2.75, 3.05) is 0 Å². The first kappa shape index (κ1) is 14.2. The molecule has 2 heterocycles. The molecule has 0 aliphatic heterocycles. The molecule has 2 aliphatic carbocycles. The topological polar surface area (TPSA) is 67.6 Å². The Bertz CT molecular complexity index is 944. The Kier molecular flexibility index (Phi) is 2.89. The molecule has 3 aromatic rings. The van der Waals surface area contributed by atoms with E-state index in [4.69, 9.17) is 16.1 Å². The van der Waals surface area contributed by atoms with Crippen molar-refractivity contribution in [3.8, 4) is 11.6 Å². The van der Waals surface area contributed by atoms with Crippen LogP contribution in [0, 0.1) is 5.82 Å². The van der Waals surface area contributed by atoms with Crippen LogP contribution in [-0.2, 0) is 18.3 Å². The van der Waals surface area contributed by atoms with Gasteiger partial charge in [-0.15, -0.1) is 0 Å². The average Bonchev–Trinajstić information content (AvgIpc) is 2.94. The molecule has 0 radical (unpaired) electrons. The Labute approximate surface area is 142 Å². The van der Waals surface area contributed by atoms with E-state index in [0.717, 1.165) is 49.1 Å². The predicted molar refractivity (Wildman–Crippen MR) is 85.3 cm³/mol. The third-order valence-corrected chi connectivity index (χ3v) is 5.37. The van der Waals surface area contributed by atoms with Crippen LogP contribution >= 0.6 is 11.6 Å². The van der Waals surface area contributed by atoms with E-state index in [-0.39, 0.29) is 11.2 Å².